The number of nitrogens with zero attached hydrogens (tertiary/aromatic N) is 1. The van der Waals surface area contributed by atoms with Crippen LogP contribution in [0.3, 0.4) is 0 Å². The highest BCUT2D eigenvalue weighted by atomic mass is 14.7. The highest BCUT2D eigenvalue weighted by molar-refractivity contribution is 5.88. The highest BCUT2D eigenvalue weighted by Crippen LogP contribution is 2.30. The standard InChI is InChI=1S/C9H11N/c1-7-3-2-4-8-5-10-6-9(7)8/h4-7H,2-3H2,1H3. The molecule has 0 aromatic rings. The first-order chi connectivity index (χ1) is 4.88. The van der Waals surface area contributed by atoms with Crippen LogP contribution in [0.4, 0.5) is 0 Å². The first kappa shape index (κ1) is 5.90. The van der Waals surface area contributed by atoms with Crippen molar-refractivity contribution in [1.29, 1.82) is 0 Å². The lowest BCUT2D eigenvalue weighted by molar-refractivity contribution is 0.613. The van der Waals surface area contributed by atoms with Gasteiger partial charge in [-0.15, -0.1) is 0 Å². The summed E-state index contributed by atoms with van der Waals surface area (Å²) in [5.74, 6) is 0.725. The van der Waals surface area contributed by atoms with E-state index >= 15 is 0 Å². The summed E-state index contributed by atoms with van der Waals surface area (Å²) < 4.78 is 0. The maximum Gasteiger partial charge on any atom is 0.0340 e. The predicted octanol–water partition coefficient (Wildman–Crippen LogP) is 2.31. The van der Waals surface area contributed by atoms with Crippen LogP contribution in [0.25, 0.3) is 0 Å². The van der Waals surface area contributed by atoms with Crippen molar-refractivity contribution < 1.29 is 0 Å². The van der Waals surface area contributed by atoms with E-state index in [-0.39, 0.29) is 0 Å². The molecule has 0 aromatic heterocycles. The van der Waals surface area contributed by atoms with Crippen LogP contribution in [0, 0.1) is 5.92 Å². The van der Waals surface area contributed by atoms with Gasteiger partial charge in [0.15, 0.2) is 0 Å². The largest absolute Gasteiger partial charge is 0.264 e. The Hall–Kier alpha value is -0.850. The highest BCUT2D eigenvalue weighted by Gasteiger charge is 2.18. The Labute approximate surface area is 61.2 Å². The minimum atomic E-state index is 0.725. The van der Waals surface area contributed by atoms with Crippen molar-refractivity contribution in [1.82, 2.24) is 0 Å². The Morgan fingerprint density at radius 2 is 2.50 bits per heavy atom. The lowest BCUT2D eigenvalue weighted by atomic mass is 9.87. The summed E-state index contributed by atoms with van der Waals surface area (Å²) in [5, 5.41) is 0. The number of hydrogen-bond acceptors (Lipinski definition) is 1. The molecule has 1 heterocycles. The molecule has 0 amide bonds. The second-order valence-corrected chi connectivity index (χ2v) is 3.00. The summed E-state index contributed by atoms with van der Waals surface area (Å²) in [5.41, 5.74) is 2.80. The second kappa shape index (κ2) is 2.08. The Kier molecular flexibility index (Phi) is 1.23. The van der Waals surface area contributed by atoms with Gasteiger partial charge in [0.2, 0.25) is 0 Å². The van der Waals surface area contributed by atoms with Crippen LogP contribution in [0.5, 0.6) is 0 Å². The molecule has 1 atom stereocenters. The number of allylic oxidation sites excluding steroid dienone is 3. The molecule has 52 valence electrons. The monoisotopic (exact) mass is 133 g/mol. The molecule has 0 saturated carbocycles. The normalized spacial score (nSPS) is 29.5. The van der Waals surface area contributed by atoms with Crippen molar-refractivity contribution in [2.24, 2.45) is 10.9 Å². The Morgan fingerprint density at radius 1 is 1.60 bits per heavy atom. The van der Waals surface area contributed by atoms with Crippen LogP contribution >= 0.6 is 0 Å². The molecule has 2 rings (SSSR count). The topological polar surface area (TPSA) is 12.4 Å². The third kappa shape index (κ3) is 0.737. The quantitative estimate of drug-likeness (QED) is 0.481. The minimum Gasteiger partial charge on any atom is -0.264 e. The molecule has 0 fully saturated rings. The van der Waals surface area contributed by atoms with Gasteiger partial charge in [-0.3, -0.25) is 4.99 Å². The maximum atomic E-state index is 4.12. The molecule has 0 N–H and O–H groups in total. The fourth-order valence-electron chi connectivity index (χ4n) is 1.57. The Morgan fingerprint density at radius 3 is 3.30 bits per heavy atom. The molecule has 0 bridgehead atoms. The van der Waals surface area contributed by atoms with Crippen LogP contribution in [-0.4, -0.2) is 6.21 Å². The van der Waals surface area contributed by atoms with E-state index in [1.807, 2.05) is 12.4 Å². The second-order valence-electron chi connectivity index (χ2n) is 3.00. The molecule has 0 spiro atoms. The zero-order valence-electron chi connectivity index (χ0n) is 6.17. The first-order valence-corrected chi connectivity index (χ1v) is 3.81. The van der Waals surface area contributed by atoms with E-state index in [2.05, 4.69) is 18.0 Å². The summed E-state index contributed by atoms with van der Waals surface area (Å²) in [6, 6.07) is 0. The van der Waals surface area contributed by atoms with Gasteiger partial charge in [-0.1, -0.05) is 13.0 Å². The van der Waals surface area contributed by atoms with Crippen molar-refractivity contribution in [3.05, 3.63) is 23.4 Å². The summed E-state index contributed by atoms with van der Waals surface area (Å²) >= 11 is 0. The van der Waals surface area contributed by atoms with Crippen LogP contribution in [0.2, 0.25) is 0 Å². The van der Waals surface area contributed by atoms with Crippen molar-refractivity contribution in [3.63, 3.8) is 0 Å². The molecule has 1 nitrogen and oxygen atoms in total. The fourth-order valence-corrected chi connectivity index (χ4v) is 1.57. The average Bonchev–Trinajstić information content (AvgIpc) is 2.36. The van der Waals surface area contributed by atoms with Crippen LogP contribution in [0.15, 0.2) is 28.4 Å². The van der Waals surface area contributed by atoms with Gasteiger partial charge in [-0.05, 0) is 29.9 Å². The zero-order valence-corrected chi connectivity index (χ0v) is 6.17. The summed E-state index contributed by atoms with van der Waals surface area (Å²) in [6.07, 6.45) is 8.75. The molecule has 1 aliphatic carbocycles. The fraction of sp³-hybridized carbons (Fsp3) is 0.444. The number of hydrogen-bond donors (Lipinski definition) is 0. The third-order valence-corrected chi connectivity index (χ3v) is 2.26. The van der Waals surface area contributed by atoms with Gasteiger partial charge in [0.1, 0.15) is 0 Å². The first-order valence-electron chi connectivity index (χ1n) is 3.81. The third-order valence-electron chi connectivity index (χ3n) is 2.26. The summed E-state index contributed by atoms with van der Waals surface area (Å²) in [4.78, 5) is 4.12. The van der Waals surface area contributed by atoms with E-state index in [4.69, 9.17) is 0 Å². The number of fused-ring (bicyclic) bond motifs is 1. The lowest BCUT2D eigenvalue weighted by Crippen LogP contribution is -2.05. The molecule has 2 aliphatic rings. The Bertz CT molecular complexity index is 233. The summed E-state index contributed by atoms with van der Waals surface area (Å²) in [7, 11) is 0. The van der Waals surface area contributed by atoms with Crippen LogP contribution in [-0.2, 0) is 0 Å². The van der Waals surface area contributed by atoms with Crippen molar-refractivity contribution in [3.8, 4) is 0 Å². The van der Waals surface area contributed by atoms with E-state index in [1.54, 1.807) is 0 Å². The van der Waals surface area contributed by atoms with Gasteiger partial charge in [-0.2, -0.15) is 0 Å². The van der Waals surface area contributed by atoms with E-state index in [9.17, 15) is 0 Å². The smallest absolute Gasteiger partial charge is 0.0340 e. The van der Waals surface area contributed by atoms with Gasteiger partial charge in [0.05, 0.1) is 0 Å². The van der Waals surface area contributed by atoms with Crippen molar-refractivity contribution in [2.45, 2.75) is 19.8 Å². The van der Waals surface area contributed by atoms with Gasteiger partial charge >= 0.3 is 0 Å². The van der Waals surface area contributed by atoms with E-state index < -0.39 is 0 Å². The van der Waals surface area contributed by atoms with Gasteiger partial charge in [-0.25, -0.2) is 0 Å². The molecule has 10 heavy (non-hydrogen) atoms. The number of rotatable bonds is 0. The molecule has 0 aromatic carbocycles. The molecular formula is C9H11N. The predicted molar refractivity (Wildman–Crippen MR) is 43.1 cm³/mol. The molecule has 0 saturated heterocycles. The van der Waals surface area contributed by atoms with E-state index in [0.29, 0.717) is 0 Å². The lowest BCUT2D eigenvalue weighted by Gasteiger charge is -2.17. The minimum absolute atomic E-state index is 0.725. The van der Waals surface area contributed by atoms with Crippen molar-refractivity contribution in [2.75, 3.05) is 0 Å². The van der Waals surface area contributed by atoms with E-state index in [1.165, 1.54) is 24.0 Å². The maximum absolute atomic E-state index is 4.12. The number of aliphatic imine (C=N–C) groups is 1. The van der Waals surface area contributed by atoms with E-state index in [0.717, 1.165) is 5.92 Å². The zero-order chi connectivity index (χ0) is 6.97. The van der Waals surface area contributed by atoms with Crippen LogP contribution in [0.1, 0.15) is 19.8 Å². The van der Waals surface area contributed by atoms with Crippen LogP contribution < -0.4 is 0 Å². The van der Waals surface area contributed by atoms with Gasteiger partial charge < -0.3 is 0 Å². The summed E-state index contributed by atoms with van der Waals surface area (Å²) in [6.45, 7) is 2.27. The Balaban J connectivity index is 2.37. The SMILES string of the molecule is CC1CCC=C2C=NC=C21. The molecule has 1 aliphatic heterocycles. The van der Waals surface area contributed by atoms with Gasteiger partial charge in [0, 0.05) is 12.4 Å². The molecule has 1 unspecified atom stereocenters. The molecular weight excluding hydrogens is 122 g/mol. The average molecular weight is 133 g/mol. The molecule has 1 heteroatoms. The molecule has 0 radical (unpaired) electrons. The van der Waals surface area contributed by atoms with Crippen molar-refractivity contribution >= 4 is 6.21 Å². The van der Waals surface area contributed by atoms with Gasteiger partial charge in [0.25, 0.3) is 0 Å².